The van der Waals surface area contributed by atoms with E-state index in [1.165, 1.54) is 19.4 Å². The molecule has 0 bridgehead atoms. The maximum absolute atomic E-state index is 15.2. The van der Waals surface area contributed by atoms with Gasteiger partial charge < -0.3 is 30.6 Å². The lowest BCUT2D eigenvalue weighted by molar-refractivity contribution is 0.0960. The topological polar surface area (TPSA) is 120 Å². The molecule has 3 aromatic rings. The number of amides is 1. The van der Waals surface area contributed by atoms with E-state index < -0.39 is 17.9 Å². The number of pyridine rings is 1. The molecule has 188 valence electrons. The molecular weight excluding hydrogens is 470 g/mol. The number of ether oxygens (including phenoxy) is 1. The van der Waals surface area contributed by atoms with Crippen molar-refractivity contribution in [3.63, 3.8) is 0 Å². The highest BCUT2D eigenvalue weighted by Crippen LogP contribution is 2.41. The third-order valence-electron chi connectivity index (χ3n) is 6.10. The second kappa shape index (κ2) is 9.90. The first-order chi connectivity index (χ1) is 17.4. The largest absolute Gasteiger partial charge is 0.439 e. The Hall–Kier alpha value is -4.06. The van der Waals surface area contributed by atoms with Crippen LogP contribution in [0.3, 0.4) is 0 Å². The summed E-state index contributed by atoms with van der Waals surface area (Å²) in [5.41, 5.74) is 1.84. The van der Waals surface area contributed by atoms with Gasteiger partial charge in [-0.15, -0.1) is 0 Å². The van der Waals surface area contributed by atoms with Gasteiger partial charge in [0.2, 0.25) is 5.88 Å². The van der Waals surface area contributed by atoms with Gasteiger partial charge in [-0.25, -0.2) is 23.7 Å². The lowest BCUT2D eigenvalue weighted by Gasteiger charge is -2.29. The van der Waals surface area contributed by atoms with Gasteiger partial charge in [0.05, 0.1) is 17.6 Å². The highest BCUT2D eigenvalue weighted by Gasteiger charge is 2.32. The van der Waals surface area contributed by atoms with Crippen LogP contribution in [0.15, 0.2) is 36.5 Å². The molecule has 2 aliphatic rings. The molecule has 1 saturated heterocycles. The number of hydrogen-bond acceptors (Lipinski definition) is 8. The van der Waals surface area contributed by atoms with Crippen LogP contribution in [0.5, 0.6) is 5.88 Å². The van der Waals surface area contributed by atoms with Crippen LogP contribution in [0.2, 0.25) is 0 Å². The van der Waals surface area contributed by atoms with E-state index in [9.17, 15) is 9.18 Å². The third kappa shape index (κ3) is 4.59. The van der Waals surface area contributed by atoms with Crippen molar-refractivity contribution in [1.82, 2.24) is 30.6 Å². The zero-order valence-corrected chi connectivity index (χ0v) is 19.9. The summed E-state index contributed by atoms with van der Waals surface area (Å²) < 4.78 is 35.6. The number of alkyl halides is 1. The highest BCUT2D eigenvalue weighted by atomic mass is 19.1. The van der Waals surface area contributed by atoms with Gasteiger partial charge in [-0.3, -0.25) is 4.79 Å². The molecule has 0 radical (unpaired) electrons. The number of anilines is 3. The summed E-state index contributed by atoms with van der Waals surface area (Å²) in [4.78, 5) is 30.5. The average Bonchev–Trinajstić information content (AvgIpc) is 3.30. The molecule has 12 heteroatoms. The van der Waals surface area contributed by atoms with E-state index in [-0.39, 0.29) is 40.7 Å². The number of nitrogens with one attached hydrogen (secondary N) is 4. The average molecular weight is 497 g/mol. The van der Waals surface area contributed by atoms with Gasteiger partial charge in [0.15, 0.2) is 11.6 Å². The SMILES string of the molecule is CNC(=O)c1c(Nc2ccc(N3CCNCC3)cn2)ncnc1OC1=C(F)c2cc(C)[nH]c2C(F)C1. The molecule has 3 aromatic heterocycles. The number of aryl methyl sites for hydroxylation is 1. The van der Waals surface area contributed by atoms with Crippen LogP contribution in [0, 0.1) is 6.92 Å². The van der Waals surface area contributed by atoms with Gasteiger partial charge >= 0.3 is 0 Å². The van der Waals surface area contributed by atoms with Crippen LogP contribution in [0.25, 0.3) is 5.83 Å². The number of allylic oxidation sites excluding steroid dienone is 1. The summed E-state index contributed by atoms with van der Waals surface area (Å²) >= 11 is 0. The fraction of sp³-hybridized carbons (Fsp3) is 0.333. The molecule has 1 unspecified atom stereocenters. The minimum absolute atomic E-state index is 0.0558. The Bertz CT molecular complexity index is 1300. The Morgan fingerprint density at radius 1 is 1.22 bits per heavy atom. The minimum Gasteiger partial charge on any atom is -0.439 e. The first kappa shape index (κ1) is 23.7. The number of carbonyl (C=O) groups is 1. The normalized spacial score (nSPS) is 17.6. The van der Waals surface area contributed by atoms with Gasteiger partial charge in [-0.2, -0.15) is 0 Å². The van der Waals surface area contributed by atoms with Crippen molar-refractivity contribution in [1.29, 1.82) is 0 Å². The number of halogens is 2. The molecule has 1 amide bonds. The summed E-state index contributed by atoms with van der Waals surface area (Å²) in [5.74, 6) is -1.14. The molecule has 1 atom stereocenters. The Labute approximate surface area is 206 Å². The molecule has 0 spiro atoms. The van der Waals surface area contributed by atoms with Crippen LogP contribution in [0.1, 0.15) is 39.9 Å². The fourth-order valence-electron chi connectivity index (χ4n) is 4.31. The van der Waals surface area contributed by atoms with E-state index in [4.69, 9.17) is 4.74 Å². The second-order valence-corrected chi connectivity index (χ2v) is 8.54. The Kier molecular flexibility index (Phi) is 6.51. The molecule has 1 aliphatic heterocycles. The van der Waals surface area contributed by atoms with Gasteiger partial charge in [0.25, 0.3) is 5.91 Å². The molecule has 0 aromatic carbocycles. The molecule has 36 heavy (non-hydrogen) atoms. The predicted molar refractivity (Wildman–Crippen MR) is 131 cm³/mol. The maximum atomic E-state index is 15.2. The summed E-state index contributed by atoms with van der Waals surface area (Å²) in [6.45, 7) is 5.31. The van der Waals surface area contributed by atoms with Crippen LogP contribution >= 0.6 is 0 Å². The maximum Gasteiger partial charge on any atom is 0.260 e. The van der Waals surface area contributed by atoms with Crippen molar-refractivity contribution in [3.05, 3.63) is 59.0 Å². The molecule has 10 nitrogen and oxygen atoms in total. The van der Waals surface area contributed by atoms with E-state index in [1.807, 2.05) is 6.07 Å². The first-order valence-corrected chi connectivity index (χ1v) is 11.6. The van der Waals surface area contributed by atoms with Crippen molar-refractivity contribution in [2.24, 2.45) is 0 Å². The standard InChI is InChI=1S/C24H26F2N8O2/c1-13-9-15-20(26)17(10-16(25)21(15)32-13)36-24-19(23(35)27-2)22(30-12-31-24)33-18-4-3-14(11-29-18)34-7-5-28-6-8-34/h3-4,9,11-12,16,28,32H,5-8,10H2,1-2H3,(H,27,35)(H,29,30,31,33). The number of nitrogens with zero attached hydrogens (tertiary/aromatic N) is 4. The van der Waals surface area contributed by atoms with Crippen molar-refractivity contribution >= 4 is 29.1 Å². The van der Waals surface area contributed by atoms with E-state index in [2.05, 4.69) is 40.8 Å². The first-order valence-electron chi connectivity index (χ1n) is 11.6. The summed E-state index contributed by atoms with van der Waals surface area (Å²) in [7, 11) is 1.44. The summed E-state index contributed by atoms with van der Waals surface area (Å²) in [5, 5.41) is 8.84. The van der Waals surface area contributed by atoms with Crippen molar-refractivity contribution in [2.45, 2.75) is 19.5 Å². The highest BCUT2D eigenvalue weighted by molar-refractivity contribution is 6.01. The number of H-pyrrole nitrogens is 1. The molecule has 5 rings (SSSR count). The summed E-state index contributed by atoms with van der Waals surface area (Å²) in [6, 6.07) is 5.22. The van der Waals surface area contributed by atoms with Crippen LogP contribution in [0.4, 0.5) is 26.1 Å². The van der Waals surface area contributed by atoms with Gasteiger partial charge in [-0.05, 0) is 25.1 Å². The number of fused-ring (bicyclic) bond motifs is 1. The van der Waals surface area contributed by atoms with Gasteiger partial charge in [0, 0.05) is 50.9 Å². The van der Waals surface area contributed by atoms with E-state index in [0.717, 1.165) is 31.9 Å². The van der Waals surface area contributed by atoms with E-state index in [1.54, 1.807) is 19.2 Å². The second-order valence-electron chi connectivity index (χ2n) is 8.54. The zero-order chi connectivity index (χ0) is 25.2. The molecule has 1 aliphatic carbocycles. The number of aromatic nitrogens is 4. The monoisotopic (exact) mass is 496 g/mol. The van der Waals surface area contributed by atoms with Crippen LogP contribution < -0.4 is 25.6 Å². The van der Waals surface area contributed by atoms with Crippen LogP contribution in [-0.2, 0) is 0 Å². The van der Waals surface area contributed by atoms with Crippen molar-refractivity contribution < 1.29 is 18.3 Å². The lowest BCUT2D eigenvalue weighted by atomic mass is 10.0. The number of hydrogen-bond donors (Lipinski definition) is 4. The fourth-order valence-corrected chi connectivity index (χ4v) is 4.31. The molecular formula is C24H26F2N8O2. The Morgan fingerprint density at radius 2 is 2.03 bits per heavy atom. The zero-order valence-electron chi connectivity index (χ0n) is 19.9. The van der Waals surface area contributed by atoms with Crippen LogP contribution in [-0.4, -0.2) is 59.1 Å². The number of aromatic amines is 1. The van der Waals surface area contributed by atoms with E-state index in [0.29, 0.717) is 11.5 Å². The Balaban J connectivity index is 1.43. The smallest absolute Gasteiger partial charge is 0.260 e. The molecule has 0 saturated carbocycles. The molecule has 4 heterocycles. The molecule has 4 N–H and O–H groups in total. The lowest BCUT2D eigenvalue weighted by Crippen LogP contribution is -2.43. The number of rotatable bonds is 6. The number of piperazine rings is 1. The Morgan fingerprint density at radius 3 is 2.75 bits per heavy atom. The third-order valence-corrected chi connectivity index (χ3v) is 6.10. The number of carbonyl (C=O) groups excluding carboxylic acids is 1. The van der Waals surface area contributed by atoms with Crippen molar-refractivity contribution in [2.75, 3.05) is 43.4 Å². The van der Waals surface area contributed by atoms with Gasteiger partial charge in [-0.1, -0.05) is 0 Å². The predicted octanol–water partition coefficient (Wildman–Crippen LogP) is 3.15. The van der Waals surface area contributed by atoms with Crippen molar-refractivity contribution in [3.8, 4) is 5.88 Å². The summed E-state index contributed by atoms with van der Waals surface area (Å²) in [6.07, 6.45) is 1.10. The quantitative estimate of drug-likeness (QED) is 0.411. The van der Waals surface area contributed by atoms with Gasteiger partial charge in [0.1, 0.15) is 29.6 Å². The van der Waals surface area contributed by atoms with E-state index >= 15 is 4.39 Å². The molecule has 1 fully saturated rings. The minimum atomic E-state index is -1.48.